The summed E-state index contributed by atoms with van der Waals surface area (Å²) < 4.78 is 25.1. The van der Waals surface area contributed by atoms with Crippen LogP contribution in [-0.2, 0) is 9.53 Å². The van der Waals surface area contributed by atoms with Crippen LogP contribution in [0.4, 0.5) is 5.69 Å². The maximum Gasteiger partial charge on any atom is 0.338 e. The first-order valence-corrected chi connectivity index (χ1v) is 14.9. The van der Waals surface area contributed by atoms with Crippen LogP contribution in [0.3, 0.4) is 0 Å². The quantitative estimate of drug-likeness (QED) is 0.302. The number of nitrogens with zero attached hydrogens (tertiary/aromatic N) is 3. The lowest BCUT2D eigenvalue weighted by Crippen LogP contribution is -2.40. The molecule has 0 fully saturated rings. The van der Waals surface area contributed by atoms with E-state index in [0.717, 1.165) is 28.8 Å². The highest BCUT2D eigenvalue weighted by Crippen LogP contribution is 2.38. The van der Waals surface area contributed by atoms with E-state index in [2.05, 4.69) is 39.7 Å². The van der Waals surface area contributed by atoms with E-state index in [9.17, 15) is 9.59 Å². The third kappa shape index (κ3) is 5.78. The number of carbonyl (C=O) groups is 1. The van der Waals surface area contributed by atoms with Crippen LogP contribution in [0.2, 0.25) is 0 Å². The normalized spacial score (nSPS) is 14.8. The molecule has 11 heteroatoms. The van der Waals surface area contributed by atoms with E-state index in [1.165, 1.54) is 23.0 Å². The van der Waals surface area contributed by atoms with E-state index in [-0.39, 0.29) is 17.7 Å². The van der Waals surface area contributed by atoms with Crippen LogP contribution < -0.4 is 34.0 Å². The number of fused-ring (bicyclic) bond motifs is 1. The zero-order valence-corrected chi connectivity index (χ0v) is 26.6. The van der Waals surface area contributed by atoms with Gasteiger partial charge in [-0.1, -0.05) is 11.3 Å². The number of aromatic nitrogens is 1. The number of allylic oxidation sites excluding steroid dienone is 1. The summed E-state index contributed by atoms with van der Waals surface area (Å²) in [5.41, 5.74) is 2.81. The van der Waals surface area contributed by atoms with Crippen LogP contribution in [0.15, 0.2) is 55.9 Å². The average Bonchev–Trinajstić information content (AvgIpc) is 3.27. The fourth-order valence-electron chi connectivity index (χ4n) is 4.93. The van der Waals surface area contributed by atoms with Gasteiger partial charge >= 0.3 is 5.97 Å². The number of hydrogen-bond acceptors (Lipinski definition) is 9. The number of halogens is 1. The second-order valence-corrected chi connectivity index (χ2v) is 11.0. The van der Waals surface area contributed by atoms with E-state index in [0.29, 0.717) is 37.8 Å². The van der Waals surface area contributed by atoms with Crippen molar-refractivity contribution >= 4 is 45.0 Å². The SMILES string of the molecule is CCOC(=O)C1=C(C)N=c2s/c(=C\c3cc(Br)c(N(CC)CC)cc3OC)c(=O)n2[C@H]1c1ccc(OC)cc1OC. The molecule has 2 heterocycles. The molecule has 0 amide bonds. The smallest absolute Gasteiger partial charge is 0.338 e. The Kier molecular flexibility index (Phi) is 9.60. The Balaban J connectivity index is 1.97. The molecule has 0 spiro atoms. The first kappa shape index (κ1) is 30.4. The van der Waals surface area contributed by atoms with Gasteiger partial charge in [0.1, 0.15) is 23.3 Å². The van der Waals surface area contributed by atoms with Crippen molar-refractivity contribution in [1.29, 1.82) is 0 Å². The standard InChI is InChI=1S/C30H34BrN3O6S/c1-8-33(9-2)22-16-23(38-6)18(13-21(22)31)14-25-28(35)34-27(20-12-11-19(37-5)15-24(20)39-7)26(29(36)40-10-3)17(4)32-30(34)41-25/h11-16,27H,8-10H2,1-7H3/b25-14-/t27-/m0/s1. The number of carbonyl (C=O) groups excluding carboxylic acids is 1. The summed E-state index contributed by atoms with van der Waals surface area (Å²) >= 11 is 4.94. The monoisotopic (exact) mass is 643 g/mol. The van der Waals surface area contributed by atoms with E-state index in [1.807, 2.05) is 12.1 Å². The first-order valence-electron chi connectivity index (χ1n) is 13.3. The summed E-state index contributed by atoms with van der Waals surface area (Å²) in [5.74, 6) is 1.15. The average molecular weight is 645 g/mol. The molecule has 9 nitrogen and oxygen atoms in total. The molecule has 41 heavy (non-hydrogen) atoms. The zero-order valence-electron chi connectivity index (χ0n) is 24.2. The molecule has 0 saturated carbocycles. The molecule has 0 N–H and O–H groups in total. The topological polar surface area (TPSA) is 91.6 Å². The Morgan fingerprint density at radius 2 is 1.78 bits per heavy atom. The van der Waals surface area contributed by atoms with Crippen molar-refractivity contribution in [3.8, 4) is 17.2 Å². The first-order chi connectivity index (χ1) is 19.7. The Hall–Kier alpha value is -3.57. The molecule has 0 radical (unpaired) electrons. The highest BCUT2D eigenvalue weighted by molar-refractivity contribution is 9.10. The zero-order chi connectivity index (χ0) is 29.8. The number of rotatable bonds is 10. The van der Waals surface area contributed by atoms with Gasteiger partial charge in [-0.05, 0) is 67.9 Å². The molecule has 2 aromatic carbocycles. The molecule has 1 aliphatic heterocycles. The van der Waals surface area contributed by atoms with Crippen molar-refractivity contribution < 1.29 is 23.7 Å². The molecule has 218 valence electrons. The van der Waals surface area contributed by atoms with Crippen molar-refractivity contribution in [1.82, 2.24) is 4.57 Å². The van der Waals surface area contributed by atoms with E-state index in [1.54, 1.807) is 52.3 Å². The molecular formula is C30H34BrN3O6S. The number of anilines is 1. The molecule has 1 atom stereocenters. The van der Waals surface area contributed by atoms with Crippen LogP contribution in [0.1, 0.15) is 44.9 Å². The van der Waals surface area contributed by atoms with Crippen molar-refractivity contribution in [3.05, 3.63) is 76.9 Å². The minimum Gasteiger partial charge on any atom is -0.497 e. The number of hydrogen-bond donors (Lipinski definition) is 0. The molecular weight excluding hydrogens is 610 g/mol. The van der Waals surface area contributed by atoms with Gasteiger partial charge in [-0.25, -0.2) is 9.79 Å². The maximum atomic E-state index is 14.1. The van der Waals surface area contributed by atoms with Gasteiger partial charge in [0.05, 0.1) is 49.4 Å². The molecule has 1 aliphatic rings. The van der Waals surface area contributed by atoms with Crippen LogP contribution in [0.25, 0.3) is 6.08 Å². The predicted molar refractivity (Wildman–Crippen MR) is 164 cm³/mol. The lowest BCUT2D eigenvalue weighted by atomic mass is 9.95. The summed E-state index contributed by atoms with van der Waals surface area (Å²) in [4.78, 5) is 34.7. The Bertz CT molecular complexity index is 1670. The van der Waals surface area contributed by atoms with Crippen molar-refractivity contribution in [2.24, 2.45) is 4.99 Å². The van der Waals surface area contributed by atoms with Crippen LogP contribution in [0.5, 0.6) is 17.2 Å². The third-order valence-corrected chi connectivity index (χ3v) is 8.56. The van der Waals surface area contributed by atoms with Gasteiger partial charge in [-0.15, -0.1) is 0 Å². The minimum atomic E-state index is -0.813. The predicted octanol–water partition coefficient (Wildman–Crippen LogP) is 4.43. The Labute approximate surface area is 251 Å². The summed E-state index contributed by atoms with van der Waals surface area (Å²) in [6.07, 6.45) is 1.80. The van der Waals surface area contributed by atoms with Gasteiger partial charge in [-0.2, -0.15) is 0 Å². The summed E-state index contributed by atoms with van der Waals surface area (Å²) in [6.45, 7) is 9.54. The molecule has 1 aromatic heterocycles. The number of esters is 1. The Morgan fingerprint density at radius 1 is 1.07 bits per heavy atom. The van der Waals surface area contributed by atoms with E-state index in [4.69, 9.17) is 18.9 Å². The summed E-state index contributed by atoms with van der Waals surface area (Å²) in [6, 6.07) is 8.39. The molecule has 0 unspecified atom stereocenters. The molecule has 0 aliphatic carbocycles. The lowest BCUT2D eigenvalue weighted by molar-refractivity contribution is -0.139. The van der Waals surface area contributed by atoms with Crippen molar-refractivity contribution in [2.75, 3.05) is 45.9 Å². The van der Waals surface area contributed by atoms with Gasteiger partial charge in [0.2, 0.25) is 0 Å². The van der Waals surface area contributed by atoms with Crippen LogP contribution >= 0.6 is 27.3 Å². The van der Waals surface area contributed by atoms with Gasteiger partial charge in [-0.3, -0.25) is 9.36 Å². The van der Waals surface area contributed by atoms with E-state index >= 15 is 0 Å². The number of methoxy groups -OCH3 is 3. The Morgan fingerprint density at radius 3 is 2.39 bits per heavy atom. The second-order valence-electron chi connectivity index (χ2n) is 9.13. The summed E-state index contributed by atoms with van der Waals surface area (Å²) in [7, 11) is 4.71. The van der Waals surface area contributed by atoms with Gasteiger partial charge in [0, 0.05) is 40.8 Å². The third-order valence-electron chi connectivity index (χ3n) is 6.94. The molecule has 0 bridgehead atoms. The van der Waals surface area contributed by atoms with Gasteiger partial charge < -0.3 is 23.8 Å². The number of ether oxygens (including phenoxy) is 4. The fraction of sp³-hybridized carbons (Fsp3) is 0.367. The van der Waals surface area contributed by atoms with Crippen LogP contribution in [0, 0.1) is 0 Å². The molecule has 4 rings (SSSR count). The number of benzene rings is 2. The van der Waals surface area contributed by atoms with Crippen molar-refractivity contribution in [3.63, 3.8) is 0 Å². The van der Waals surface area contributed by atoms with E-state index < -0.39 is 12.0 Å². The minimum absolute atomic E-state index is 0.185. The fourth-order valence-corrected chi connectivity index (χ4v) is 6.57. The van der Waals surface area contributed by atoms with Gasteiger partial charge in [0.25, 0.3) is 5.56 Å². The van der Waals surface area contributed by atoms with Crippen LogP contribution in [-0.4, -0.2) is 51.6 Å². The van der Waals surface area contributed by atoms with Crippen molar-refractivity contribution in [2.45, 2.75) is 33.7 Å². The highest BCUT2D eigenvalue weighted by atomic mass is 79.9. The molecule has 0 saturated heterocycles. The second kappa shape index (κ2) is 12.9. The number of thiazole rings is 1. The lowest BCUT2D eigenvalue weighted by Gasteiger charge is -2.26. The molecule has 3 aromatic rings. The highest BCUT2D eigenvalue weighted by Gasteiger charge is 2.35. The maximum absolute atomic E-state index is 14.1. The summed E-state index contributed by atoms with van der Waals surface area (Å²) in [5, 5.41) is 0. The van der Waals surface area contributed by atoms with Gasteiger partial charge in [0.15, 0.2) is 4.80 Å². The largest absolute Gasteiger partial charge is 0.497 e.